The molecule has 4 heteroatoms. The highest BCUT2D eigenvalue weighted by Crippen LogP contribution is 2.54. The molecule has 0 N–H and O–H groups in total. The number of para-hydroxylation sites is 5. The second-order valence-corrected chi connectivity index (χ2v) is 18.4. The minimum absolute atomic E-state index is 0.327. The Morgan fingerprint density at radius 3 is 1.63 bits per heavy atom. The lowest BCUT2D eigenvalue weighted by atomic mass is 9.68. The lowest BCUT2D eigenvalue weighted by molar-refractivity contribution is 0.645. The summed E-state index contributed by atoms with van der Waals surface area (Å²) in [6, 6.07) is 78.9. The first-order valence-electron chi connectivity index (χ1n) is 23.1. The predicted octanol–water partition coefficient (Wildman–Crippen LogP) is 18.2. The van der Waals surface area contributed by atoms with E-state index in [4.69, 9.17) is 8.83 Å². The Morgan fingerprint density at radius 2 is 0.881 bits per heavy atom. The zero-order valence-electron chi connectivity index (χ0n) is 37.0. The molecule has 2 aromatic heterocycles. The summed E-state index contributed by atoms with van der Waals surface area (Å²) in [5, 5.41) is 11.8. The van der Waals surface area contributed by atoms with Crippen LogP contribution in [0.4, 0.5) is 34.1 Å². The summed E-state index contributed by atoms with van der Waals surface area (Å²) >= 11 is 0. The topological polar surface area (TPSA) is 32.8 Å². The van der Waals surface area contributed by atoms with Gasteiger partial charge in [0.15, 0.2) is 11.2 Å². The van der Waals surface area contributed by atoms with Gasteiger partial charge in [-0.25, -0.2) is 0 Å². The van der Waals surface area contributed by atoms with Gasteiger partial charge >= 0.3 is 0 Å². The highest BCUT2D eigenvalue weighted by atomic mass is 16.3. The fourth-order valence-electron chi connectivity index (χ4n) is 11.3. The van der Waals surface area contributed by atoms with Gasteiger partial charge in [-0.15, -0.1) is 0 Å². The smallest absolute Gasteiger partial charge is 0.159 e. The third-order valence-corrected chi connectivity index (χ3v) is 14.4. The van der Waals surface area contributed by atoms with Crippen molar-refractivity contribution >= 4 is 110 Å². The number of furan rings is 2. The molecule has 14 rings (SSSR count). The van der Waals surface area contributed by atoms with Crippen LogP contribution in [0.1, 0.15) is 25.0 Å². The van der Waals surface area contributed by atoms with E-state index in [0.717, 1.165) is 78.0 Å². The van der Waals surface area contributed by atoms with Gasteiger partial charge in [0.25, 0.3) is 0 Å². The fraction of sp³-hybridized carbons (Fsp3) is 0.0476. The minimum atomic E-state index is -0.327. The Kier molecular flexibility index (Phi) is 8.00. The molecule has 0 aliphatic heterocycles. The first-order chi connectivity index (χ1) is 33.0. The maximum Gasteiger partial charge on any atom is 0.159 e. The van der Waals surface area contributed by atoms with E-state index < -0.39 is 0 Å². The molecule has 1 aliphatic rings. The molecule has 4 nitrogen and oxygen atoms in total. The fourth-order valence-corrected chi connectivity index (χ4v) is 11.3. The monoisotopic (exact) mass is 858 g/mol. The molecular formula is C63H42N2O2. The average molecular weight is 859 g/mol. The molecule has 67 heavy (non-hydrogen) atoms. The standard InChI is InChI=1S/C63H42N2O2/c1-63(2)53-26-13-23-48-51-37-42(64(41-18-4-3-5-19-41)56-28-14-24-49-46-21-8-10-30-58(46)66-61(49)56)33-32-40(51)36-52(60(48)53)45-35-34-43(38-54(45)63)65(55-27-12-17-39-16-6-7-20-44(39)55)57-29-15-25-50-47-22-9-11-31-59(47)67-62(50)57/h3-38H,1-2H3. The van der Waals surface area contributed by atoms with Gasteiger partial charge in [0.2, 0.25) is 0 Å². The molecular weight excluding hydrogens is 817 g/mol. The summed E-state index contributed by atoms with van der Waals surface area (Å²) in [5.41, 5.74) is 14.6. The maximum absolute atomic E-state index is 6.75. The molecule has 0 radical (unpaired) electrons. The Hall–Kier alpha value is -8.60. The van der Waals surface area contributed by atoms with Crippen molar-refractivity contribution < 1.29 is 8.83 Å². The second-order valence-electron chi connectivity index (χ2n) is 18.4. The Morgan fingerprint density at radius 1 is 0.328 bits per heavy atom. The van der Waals surface area contributed by atoms with Crippen molar-refractivity contribution in [1.29, 1.82) is 0 Å². The minimum Gasteiger partial charge on any atom is -0.454 e. The van der Waals surface area contributed by atoms with Gasteiger partial charge in [0.1, 0.15) is 11.2 Å². The molecule has 0 amide bonds. The summed E-state index contributed by atoms with van der Waals surface area (Å²) < 4.78 is 13.4. The maximum atomic E-state index is 6.75. The van der Waals surface area contributed by atoms with E-state index in [0.29, 0.717) is 0 Å². The first kappa shape index (κ1) is 37.7. The first-order valence-corrected chi connectivity index (χ1v) is 23.1. The van der Waals surface area contributed by atoms with Crippen molar-refractivity contribution in [2.24, 2.45) is 0 Å². The molecule has 0 fully saturated rings. The van der Waals surface area contributed by atoms with Crippen LogP contribution in [0.5, 0.6) is 0 Å². The van der Waals surface area contributed by atoms with E-state index in [1.807, 2.05) is 12.1 Å². The molecule has 0 atom stereocenters. The zero-order valence-corrected chi connectivity index (χ0v) is 37.0. The highest BCUT2D eigenvalue weighted by Gasteiger charge is 2.35. The van der Waals surface area contributed by atoms with Crippen molar-refractivity contribution in [3.8, 4) is 11.1 Å². The third-order valence-electron chi connectivity index (χ3n) is 14.4. The van der Waals surface area contributed by atoms with Crippen molar-refractivity contribution in [1.82, 2.24) is 0 Å². The van der Waals surface area contributed by atoms with Crippen LogP contribution in [0.3, 0.4) is 0 Å². The average Bonchev–Trinajstić information content (AvgIpc) is 3.96. The second kappa shape index (κ2) is 14.2. The van der Waals surface area contributed by atoms with E-state index in [1.165, 1.54) is 54.6 Å². The highest BCUT2D eigenvalue weighted by molar-refractivity contribution is 6.18. The van der Waals surface area contributed by atoms with Gasteiger partial charge < -0.3 is 18.6 Å². The number of rotatable bonds is 6. The molecule has 0 bridgehead atoms. The van der Waals surface area contributed by atoms with Crippen LogP contribution in [0.25, 0.3) is 87.3 Å². The van der Waals surface area contributed by atoms with Crippen LogP contribution in [-0.2, 0) is 5.41 Å². The van der Waals surface area contributed by atoms with E-state index in [1.54, 1.807) is 0 Å². The van der Waals surface area contributed by atoms with Gasteiger partial charge in [-0.1, -0.05) is 159 Å². The van der Waals surface area contributed by atoms with Crippen molar-refractivity contribution in [3.05, 3.63) is 230 Å². The molecule has 0 saturated carbocycles. The van der Waals surface area contributed by atoms with Crippen molar-refractivity contribution in [2.45, 2.75) is 19.3 Å². The molecule has 316 valence electrons. The predicted molar refractivity (Wildman–Crippen MR) is 280 cm³/mol. The molecule has 13 aromatic rings. The van der Waals surface area contributed by atoms with E-state index in [2.05, 4.69) is 230 Å². The quantitative estimate of drug-likeness (QED) is 0.156. The van der Waals surface area contributed by atoms with Crippen LogP contribution >= 0.6 is 0 Å². The lowest BCUT2D eigenvalue weighted by Gasteiger charge is -2.37. The molecule has 1 aliphatic carbocycles. The number of hydrogen-bond donors (Lipinski definition) is 0. The normalized spacial score (nSPS) is 13.0. The molecule has 0 spiro atoms. The van der Waals surface area contributed by atoms with E-state index >= 15 is 0 Å². The van der Waals surface area contributed by atoms with Gasteiger partial charge in [-0.3, -0.25) is 0 Å². The SMILES string of the molecule is CC1(C)c2cc(N(c3cccc4ccccc34)c3cccc4c3oc3ccccc34)ccc2-c2cc3ccc(N(c4ccccc4)c4cccc5c4oc4ccccc45)cc3c3cccc1c23. The summed E-state index contributed by atoms with van der Waals surface area (Å²) in [6.07, 6.45) is 0. The van der Waals surface area contributed by atoms with E-state index in [9.17, 15) is 0 Å². The molecule has 0 saturated heterocycles. The Balaban J connectivity index is 0.968. The molecule has 11 aromatic carbocycles. The molecule has 0 unspecified atom stereocenters. The number of anilines is 6. The Labute approximate surface area is 387 Å². The Bertz CT molecular complexity index is 4150. The van der Waals surface area contributed by atoms with Crippen LogP contribution < -0.4 is 9.80 Å². The number of nitrogens with zero attached hydrogens (tertiary/aromatic N) is 2. The zero-order chi connectivity index (χ0) is 44.4. The van der Waals surface area contributed by atoms with Gasteiger partial charge in [0.05, 0.1) is 17.1 Å². The van der Waals surface area contributed by atoms with Crippen LogP contribution in [0, 0.1) is 0 Å². The van der Waals surface area contributed by atoms with Crippen LogP contribution in [0.15, 0.2) is 227 Å². The number of benzene rings is 11. The van der Waals surface area contributed by atoms with Crippen molar-refractivity contribution in [2.75, 3.05) is 9.80 Å². The largest absolute Gasteiger partial charge is 0.454 e. The summed E-state index contributed by atoms with van der Waals surface area (Å²) in [5.74, 6) is 0. The lowest BCUT2D eigenvalue weighted by Crippen LogP contribution is -2.24. The summed E-state index contributed by atoms with van der Waals surface area (Å²) in [7, 11) is 0. The van der Waals surface area contributed by atoms with Crippen LogP contribution in [0.2, 0.25) is 0 Å². The van der Waals surface area contributed by atoms with Gasteiger partial charge in [-0.2, -0.15) is 0 Å². The number of fused-ring (bicyclic) bond motifs is 11. The van der Waals surface area contributed by atoms with Crippen molar-refractivity contribution in [3.63, 3.8) is 0 Å². The molecule has 2 heterocycles. The summed E-state index contributed by atoms with van der Waals surface area (Å²) in [6.45, 7) is 4.78. The van der Waals surface area contributed by atoms with Gasteiger partial charge in [-0.05, 0) is 122 Å². The summed E-state index contributed by atoms with van der Waals surface area (Å²) in [4.78, 5) is 4.75. The van der Waals surface area contributed by atoms with Gasteiger partial charge in [0, 0.05) is 49.4 Å². The third kappa shape index (κ3) is 5.54. The van der Waals surface area contributed by atoms with Crippen LogP contribution in [-0.4, -0.2) is 0 Å². The number of hydrogen-bond acceptors (Lipinski definition) is 4. The van der Waals surface area contributed by atoms with E-state index in [-0.39, 0.29) is 5.41 Å².